The molecule has 3 aromatic rings. The fourth-order valence-corrected chi connectivity index (χ4v) is 2.99. The quantitative estimate of drug-likeness (QED) is 0.467. The van der Waals surface area contributed by atoms with Crippen LogP contribution in [0, 0.1) is 0 Å². The summed E-state index contributed by atoms with van der Waals surface area (Å²) >= 11 is 0. The Morgan fingerprint density at radius 2 is 1.70 bits per heavy atom. The Morgan fingerprint density at radius 3 is 2.41 bits per heavy atom. The minimum Gasteiger partial charge on any atom is -0.378 e. The number of hydrogen-bond donors (Lipinski definition) is 0. The van der Waals surface area contributed by atoms with Crippen molar-refractivity contribution in [3.05, 3.63) is 65.9 Å². The minimum absolute atomic E-state index is 0.280. The predicted molar refractivity (Wildman–Crippen MR) is 114 cm³/mol. The van der Waals surface area contributed by atoms with Gasteiger partial charge in [0.25, 0.3) is 0 Å². The van der Waals surface area contributed by atoms with E-state index in [1.54, 1.807) is 0 Å². The van der Waals surface area contributed by atoms with Crippen LogP contribution in [0.15, 0.2) is 54.6 Å². The van der Waals surface area contributed by atoms with Crippen LogP contribution in [0.4, 0.5) is 0 Å². The highest BCUT2D eigenvalue weighted by atomic mass is 16.5. The van der Waals surface area contributed by atoms with Gasteiger partial charge in [-0.1, -0.05) is 62.4 Å². The van der Waals surface area contributed by atoms with Crippen LogP contribution in [0.2, 0.25) is 0 Å². The van der Waals surface area contributed by atoms with E-state index in [-0.39, 0.29) is 6.10 Å². The Kier molecular flexibility index (Phi) is 6.36. The molecular weight excluding hydrogens is 332 g/mol. The maximum atomic E-state index is 5.57. The zero-order valence-electron chi connectivity index (χ0n) is 16.6. The van der Waals surface area contributed by atoms with Gasteiger partial charge in [-0.2, -0.15) is 0 Å². The molecule has 0 saturated carbocycles. The van der Waals surface area contributed by atoms with E-state index >= 15 is 0 Å². The van der Waals surface area contributed by atoms with Crippen LogP contribution in [0.1, 0.15) is 51.3 Å². The second kappa shape index (κ2) is 8.92. The van der Waals surface area contributed by atoms with Crippen LogP contribution in [-0.4, -0.2) is 22.7 Å². The zero-order chi connectivity index (χ0) is 19.2. The second-order valence-corrected chi connectivity index (χ2v) is 7.34. The van der Waals surface area contributed by atoms with Crippen LogP contribution < -0.4 is 0 Å². The Labute approximate surface area is 162 Å². The first kappa shape index (κ1) is 19.2. The van der Waals surface area contributed by atoms with Crippen molar-refractivity contribution in [3.8, 4) is 11.3 Å². The van der Waals surface area contributed by atoms with Crippen molar-refractivity contribution in [1.29, 1.82) is 0 Å². The lowest BCUT2D eigenvalue weighted by molar-refractivity contribution is 0.0827. The molecule has 3 heteroatoms. The molecule has 0 aliphatic carbocycles. The first-order valence-corrected chi connectivity index (χ1v) is 9.70. The fourth-order valence-electron chi connectivity index (χ4n) is 2.99. The van der Waals surface area contributed by atoms with Crippen molar-refractivity contribution in [2.45, 2.75) is 46.1 Å². The standard InChI is InChI=1S/C24H28N2O/c1-17(2)23-24(20-11-6-5-7-12-20)25-21-14-13-19(16-22(21)26-23)10-8-9-15-27-18(3)4/h5-8,10-14,16-18H,9,15H2,1-4H3. The monoisotopic (exact) mass is 360 g/mol. The second-order valence-electron chi connectivity index (χ2n) is 7.34. The van der Waals surface area contributed by atoms with E-state index in [2.05, 4.69) is 70.2 Å². The Hall–Kier alpha value is -2.52. The molecule has 0 radical (unpaired) electrons. The van der Waals surface area contributed by atoms with E-state index in [1.807, 2.05) is 18.2 Å². The van der Waals surface area contributed by atoms with Crippen molar-refractivity contribution in [2.75, 3.05) is 6.61 Å². The van der Waals surface area contributed by atoms with E-state index in [1.165, 1.54) is 0 Å². The number of hydrogen-bond acceptors (Lipinski definition) is 3. The summed E-state index contributed by atoms with van der Waals surface area (Å²) < 4.78 is 5.57. The molecule has 0 spiro atoms. The van der Waals surface area contributed by atoms with Crippen LogP contribution in [0.5, 0.6) is 0 Å². The molecule has 27 heavy (non-hydrogen) atoms. The largest absolute Gasteiger partial charge is 0.378 e. The molecule has 1 heterocycles. The van der Waals surface area contributed by atoms with E-state index in [0.29, 0.717) is 5.92 Å². The lowest BCUT2D eigenvalue weighted by atomic mass is 10.0. The molecule has 0 fully saturated rings. The predicted octanol–water partition coefficient (Wildman–Crippen LogP) is 6.25. The van der Waals surface area contributed by atoms with E-state index in [0.717, 1.165) is 46.6 Å². The molecule has 0 saturated heterocycles. The minimum atomic E-state index is 0.280. The van der Waals surface area contributed by atoms with Crippen LogP contribution in [0.25, 0.3) is 28.4 Å². The van der Waals surface area contributed by atoms with Gasteiger partial charge in [-0.15, -0.1) is 0 Å². The maximum absolute atomic E-state index is 5.57. The summed E-state index contributed by atoms with van der Waals surface area (Å²) in [4.78, 5) is 9.89. The number of rotatable bonds is 7. The molecule has 140 valence electrons. The van der Waals surface area contributed by atoms with Gasteiger partial charge < -0.3 is 4.74 Å². The summed E-state index contributed by atoms with van der Waals surface area (Å²) in [5.41, 5.74) is 6.15. The number of aromatic nitrogens is 2. The zero-order valence-corrected chi connectivity index (χ0v) is 16.6. The van der Waals surface area contributed by atoms with Gasteiger partial charge in [0.15, 0.2) is 0 Å². The molecule has 0 unspecified atom stereocenters. The summed E-state index contributed by atoms with van der Waals surface area (Å²) in [5.74, 6) is 0.310. The number of benzene rings is 2. The molecule has 0 bridgehead atoms. The average Bonchev–Trinajstić information content (AvgIpc) is 2.67. The maximum Gasteiger partial charge on any atom is 0.0927 e. The lowest BCUT2D eigenvalue weighted by Crippen LogP contribution is -2.02. The van der Waals surface area contributed by atoms with Gasteiger partial charge in [-0.3, -0.25) is 0 Å². The first-order chi connectivity index (χ1) is 13.0. The smallest absolute Gasteiger partial charge is 0.0927 e. The molecule has 0 atom stereocenters. The van der Waals surface area contributed by atoms with Crippen LogP contribution in [0.3, 0.4) is 0 Å². The summed E-state index contributed by atoms with van der Waals surface area (Å²) in [7, 11) is 0. The van der Waals surface area contributed by atoms with E-state index in [9.17, 15) is 0 Å². The Bertz CT molecular complexity index is 914. The molecule has 0 aliphatic rings. The van der Waals surface area contributed by atoms with Crippen molar-refractivity contribution >= 4 is 17.1 Å². The molecule has 0 aliphatic heterocycles. The normalized spacial score (nSPS) is 11.9. The lowest BCUT2D eigenvalue weighted by Gasteiger charge is -2.13. The van der Waals surface area contributed by atoms with Crippen molar-refractivity contribution in [1.82, 2.24) is 9.97 Å². The average molecular weight is 361 g/mol. The third-order valence-electron chi connectivity index (χ3n) is 4.36. The van der Waals surface area contributed by atoms with Crippen LogP contribution >= 0.6 is 0 Å². The van der Waals surface area contributed by atoms with E-state index in [4.69, 9.17) is 14.7 Å². The molecule has 0 amide bonds. The molecule has 2 aromatic carbocycles. The Morgan fingerprint density at radius 1 is 0.926 bits per heavy atom. The number of nitrogens with zero attached hydrogens (tertiary/aromatic N) is 2. The van der Waals surface area contributed by atoms with Gasteiger partial charge >= 0.3 is 0 Å². The molecule has 1 aromatic heterocycles. The highest BCUT2D eigenvalue weighted by molar-refractivity contribution is 5.81. The first-order valence-electron chi connectivity index (χ1n) is 9.70. The summed E-state index contributed by atoms with van der Waals surface area (Å²) in [6, 6.07) is 16.6. The highest BCUT2D eigenvalue weighted by Gasteiger charge is 2.14. The summed E-state index contributed by atoms with van der Waals surface area (Å²) in [5, 5.41) is 0. The summed E-state index contributed by atoms with van der Waals surface area (Å²) in [6.45, 7) is 9.20. The number of ether oxygens (including phenoxy) is 1. The van der Waals surface area contributed by atoms with Crippen molar-refractivity contribution in [2.24, 2.45) is 0 Å². The van der Waals surface area contributed by atoms with Crippen LogP contribution in [-0.2, 0) is 4.74 Å². The SMILES string of the molecule is CC(C)OCCC=Cc1ccc2nc(-c3ccccc3)c(C(C)C)nc2c1. The molecule has 0 N–H and O–H groups in total. The van der Waals surface area contributed by atoms with Gasteiger partial charge in [0.05, 0.1) is 35.1 Å². The summed E-state index contributed by atoms with van der Waals surface area (Å²) in [6.07, 6.45) is 5.47. The van der Waals surface area contributed by atoms with Gasteiger partial charge in [0, 0.05) is 5.56 Å². The highest BCUT2D eigenvalue weighted by Crippen LogP contribution is 2.28. The molecular formula is C24H28N2O. The number of fused-ring (bicyclic) bond motifs is 1. The Balaban J connectivity index is 1.90. The molecule has 3 nitrogen and oxygen atoms in total. The fraction of sp³-hybridized carbons (Fsp3) is 0.333. The van der Waals surface area contributed by atoms with Gasteiger partial charge in [-0.25, -0.2) is 9.97 Å². The van der Waals surface area contributed by atoms with Crippen molar-refractivity contribution < 1.29 is 4.74 Å². The van der Waals surface area contributed by atoms with Gasteiger partial charge in [-0.05, 0) is 43.9 Å². The van der Waals surface area contributed by atoms with Gasteiger partial charge in [0.2, 0.25) is 0 Å². The topological polar surface area (TPSA) is 35.0 Å². The third-order valence-corrected chi connectivity index (χ3v) is 4.36. The third kappa shape index (κ3) is 5.01. The molecule has 3 rings (SSSR count). The van der Waals surface area contributed by atoms with Crippen molar-refractivity contribution in [3.63, 3.8) is 0 Å². The van der Waals surface area contributed by atoms with E-state index < -0.39 is 0 Å². The van der Waals surface area contributed by atoms with Gasteiger partial charge in [0.1, 0.15) is 0 Å².